The molecule has 0 radical (unpaired) electrons. The van der Waals surface area contributed by atoms with Gasteiger partial charge in [0.1, 0.15) is 0 Å². The van der Waals surface area contributed by atoms with Gasteiger partial charge in [-0.05, 0) is 37.8 Å². The molecule has 0 bridgehead atoms. The summed E-state index contributed by atoms with van der Waals surface area (Å²) < 4.78 is 0. The van der Waals surface area contributed by atoms with E-state index in [-0.39, 0.29) is 17.5 Å². The van der Waals surface area contributed by atoms with Gasteiger partial charge in [-0.25, -0.2) is 0 Å². The molecule has 2 N–H and O–H groups in total. The number of aliphatic carboxylic acids is 1. The highest BCUT2D eigenvalue weighted by atomic mass is 16.6. The lowest BCUT2D eigenvalue weighted by Gasteiger charge is -2.28. The van der Waals surface area contributed by atoms with Gasteiger partial charge in [-0.2, -0.15) is 0 Å². The number of nitrogens with zero attached hydrogens (tertiary/aromatic N) is 1. The van der Waals surface area contributed by atoms with Gasteiger partial charge in [-0.3, -0.25) is 14.9 Å². The van der Waals surface area contributed by atoms with E-state index in [4.69, 9.17) is 0 Å². The van der Waals surface area contributed by atoms with Crippen LogP contribution in [0.1, 0.15) is 31.2 Å². The lowest BCUT2D eigenvalue weighted by atomic mass is 9.79. The van der Waals surface area contributed by atoms with Gasteiger partial charge < -0.3 is 10.4 Å². The Kier molecular flexibility index (Phi) is 4.77. The van der Waals surface area contributed by atoms with Crippen LogP contribution in [0, 0.1) is 28.9 Å². The van der Waals surface area contributed by atoms with Gasteiger partial charge in [0.2, 0.25) is 0 Å². The van der Waals surface area contributed by atoms with Crippen molar-refractivity contribution in [3.63, 3.8) is 0 Å². The molecule has 6 nitrogen and oxygen atoms in total. The molecule has 2 rings (SSSR count). The second-order valence-electron chi connectivity index (χ2n) is 5.63. The summed E-state index contributed by atoms with van der Waals surface area (Å²) in [5.41, 5.74) is 1.50. The van der Waals surface area contributed by atoms with Crippen molar-refractivity contribution in [3.8, 4) is 0 Å². The maximum absolute atomic E-state index is 11.2. The molecule has 0 aliphatic heterocycles. The summed E-state index contributed by atoms with van der Waals surface area (Å²) in [5, 5.41) is 23.2. The molecule has 0 spiro atoms. The van der Waals surface area contributed by atoms with Gasteiger partial charge in [-0.15, -0.1) is 0 Å². The normalized spacial score (nSPS) is 21.8. The molecule has 1 aromatic carbocycles. The minimum absolute atomic E-state index is 0.0987. The fourth-order valence-electron chi connectivity index (χ4n) is 3.00. The number of rotatable bonds is 5. The molecule has 1 aliphatic carbocycles. The largest absolute Gasteiger partial charge is 0.481 e. The molecule has 0 amide bonds. The molecule has 0 heterocycles. The Bertz CT molecular complexity index is 544. The molecule has 1 fully saturated rings. The van der Waals surface area contributed by atoms with E-state index in [2.05, 4.69) is 5.32 Å². The fourth-order valence-corrected chi connectivity index (χ4v) is 3.00. The number of carboxylic acid groups (broad SMARTS) is 1. The van der Waals surface area contributed by atoms with Gasteiger partial charge >= 0.3 is 5.97 Å². The number of hydrogen-bond donors (Lipinski definition) is 2. The summed E-state index contributed by atoms with van der Waals surface area (Å²) in [6.07, 6.45) is 3.69. The first-order valence-electron chi connectivity index (χ1n) is 7.20. The van der Waals surface area contributed by atoms with Crippen LogP contribution in [0.25, 0.3) is 0 Å². The highest BCUT2D eigenvalue weighted by Crippen LogP contribution is 2.31. The van der Waals surface area contributed by atoms with E-state index >= 15 is 0 Å². The molecule has 21 heavy (non-hydrogen) atoms. The number of carbonyl (C=O) groups is 1. The SMILES string of the molecule is Cc1cc(NCC2CCCCC2C(=O)O)ccc1[N+](=O)[O-]. The number of nitrogens with one attached hydrogen (secondary N) is 1. The van der Waals surface area contributed by atoms with Crippen LogP contribution < -0.4 is 5.32 Å². The molecular weight excluding hydrogens is 272 g/mol. The molecule has 2 atom stereocenters. The molecular formula is C15H20N2O4. The predicted molar refractivity (Wildman–Crippen MR) is 79.4 cm³/mol. The zero-order valence-corrected chi connectivity index (χ0v) is 12.0. The number of nitro benzene ring substituents is 1. The maximum Gasteiger partial charge on any atom is 0.306 e. The molecule has 0 aromatic heterocycles. The Balaban J connectivity index is 2.00. The summed E-state index contributed by atoms with van der Waals surface area (Å²) in [6.45, 7) is 2.29. The molecule has 1 aliphatic rings. The van der Waals surface area contributed by atoms with Gasteiger partial charge in [-0.1, -0.05) is 12.8 Å². The van der Waals surface area contributed by atoms with Gasteiger partial charge in [0, 0.05) is 23.9 Å². The summed E-state index contributed by atoms with van der Waals surface area (Å²) >= 11 is 0. The average molecular weight is 292 g/mol. The van der Waals surface area contributed by atoms with Crippen LogP contribution in [0.4, 0.5) is 11.4 Å². The van der Waals surface area contributed by atoms with E-state index in [9.17, 15) is 20.0 Å². The summed E-state index contributed by atoms with van der Waals surface area (Å²) in [7, 11) is 0. The van der Waals surface area contributed by atoms with E-state index in [0.717, 1.165) is 31.4 Å². The Morgan fingerprint density at radius 2 is 2.14 bits per heavy atom. The van der Waals surface area contributed by atoms with Gasteiger partial charge in [0.05, 0.1) is 10.8 Å². The minimum atomic E-state index is -0.721. The van der Waals surface area contributed by atoms with Crippen LogP contribution in [0.15, 0.2) is 18.2 Å². The molecule has 114 valence electrons. The summed E-state index contributed by atoms with van der Waals surface area (Å²) in [5.74, 6) is -0.890. The minimum Gasteiger partial charge on any atom is -0.481 e. The number of benzene rings is 1. The van der Waals surface area contributed by atoms with Crippen molar-refractivity contribution < 1.29 is 14.8 Å². The van der Waals surface area contributed by atoms with Crippen molar-refractivity contribution in [2.45, 2.75) is 32.6 Å². The van der Waals surface area contributed by atoms with Crippen molar-refractivity contribution in [2.24, 2.45) is 11.8 Å². The quantitative estimate of drug-likeness (QED) is 0.642. The third kappa shape index (κ3) is 3.71. The van der Waals surface area contributed by atoms with Crippen LogP contribution in [-0.2, 0) is 4.79 Å². The number of aryl methyl sites for hydroxylation is 1. The van der Waals surface area contributed by atoms with Crippen molar-refractivity contribution in [2.75, 3.05) is 11.9 Å². The Morgan fingerprint density at radius 3 is 2.76 bits per heavy atom. The third-order valence-electron chi connectivity index (χ3n) is 4.19. The predicted octanol–water partition coefficient (Wildman–Crippen LogP) is 3.21. The van der Waals surface area contributed by atoms with Crippen LogP contribution in [-0.4, -0.2) is 22.5 Å². The standard InChI is InChI=1S/C15H20N2O4/c1-10-8-12(6-7-14(10)17(20)21)16-9-11-4-2-3-5-13(11)15(18)19/h6-8,11,13,16H,2-5,9H2,1H3,(H,18,19). The van der Waals surface area contributed by atoms with Gasteiger partial charge in [0.25, 0.3) is 5.69 Å². The van der Waals surface area contributed by atoms with Crippen LogP contribution >= 0.6 is 0 Å². The van der Waals surface area contributed by atoms with Crippen LogP contribution in [0.2, 0.25) is 0 Å². The molecule has 1 aromatic rings. The Labute approximate surface area is 123 Å². The highest BCUT2D eigenvalue weighted by Gasteiger charge is 2.30. The third-order valence-corrected chi connectivity index (χ3v) is 4.19. The van der Waals surface area contributed by atoms with E-state index in [1.165, 1.54) is 6.07 Å². The average Bonchev–Trinajstić information content (AvgIpc) is 2.45. The van der Waals surface area contributed by atoms with E-state index in [1.807, 2.05) is 0 Å². The number of carboxylic acids is 1. The molecule has 0 saturated heterocycles. The first kappa shape index (κ1) is 15.3. The number of anilines is 1. The lowest BCUT2D eigenvalue weighted by Crippen LogP contribution is -2.31. The Morgan fingerprint density at radius 1 is 1.43 bits per heavy atom. The first-order valence-corrected chi connectivity index (χ1v) is 7.20. The smallest absolute Gasteiger partial charge is 0.306 e. The highest BCUT2D eigenvalue weighted by molar-refractivity contribution is 5.70. The monoisotopic (exact) mass is 292 g/mol. The van der Waals surface area contributed by atoms with Crippen molar-refractivity contribution >= 4 is 17.3 Å². The van der Waals surface area contributed by atoms with E-state index in [1.54, 1.807) is 19.1 Å². The van der Waals surface area contributed by atoms with E-state index < -0.39 is 10.9 Å². The molecule has 2 unspecified atom stereocenters. The molecule has 6 heteroatoms. The lowest BCUT2D eigenvalue weighted by molar-refractivity contribution is -0.385. The second kappa shape index (κ2) is 6.56. The zero-order chi connectivity index (χ0) is 15.4. The van der Waals surface area contributed by atoms with Crippen LogP contribution in [0.3, 0.4) is 0 Å². The number of nitro groups is 1. The zero-order valence-electron chi connectivity index (χ0n) is 12.0. The Hall–Kier alpha value is -2.11. The topological polar surface area (TPSA) is 92.5 Å². The summed E-state index contributed by atoms with van der Waals surface area (Å²) in [6, 6.07) is 4.88. The first-order chi connectivity index (χ1) is 9.99. The maximum atomic E-state index is 11.2. The van der Waals surface area contributed by atoms with Crippen molar-refractivity contribution in [1.29, 1.82) is 0 Å². The summed E-state index contributed by atoms with van der Waals surface area (Å²) in [4.78, 5) is 21.6. The van der Waals surface area contributed by atoms with E-state index in [0.29, 0.717) is 12.1 Å². The van der Waals surface area contributed by atoms with Crippen LogP contribution in [0.5, 0.6) is 0 Å². The second-order valence-corrected chi connectivity index (χ2v) is 5.63. The van der Waals surface area contributed by atoms with Crippen molar-refractivity contribution in [1.82, 2.24) is 0 Å². The number of hydrogen-bond acceptors (Lipinski definition) is 4. The van der Waals surface area contributed by atoms with Gasteiger partial charge in [0.15, 0.2) is 0 Å². The van der Waals surface area contributed by atoms with Crippen molar-refractivity contribution in [3.05, 3.63) is 33.9 Å². The fraction of sp³-hybridized carbons (Fsp3) is 0.533. The molecule has 1 saturated carbocycles.